The molecule has 0 radical (unpaired) electrons. The lowest BCUT2D eigenvalue weighted by molar-refractivity contribution is -0.161. The molecule has 0 saturated carbocycles. The van der Waals surface area contributed by atoms with Gasteiger partial charge in [-0.25, -0.2) is 0 Å². The van der Waals surface area contributed by atoms with Gasteiger partial charge in [-0.05, 0) is 49.8 Å². The Kier molecular flexibility index (Phi) is 11.1. The number of halogens is 1. The van der Waals surface area contributed by atoms with Crippen LogP contribution in [-0.4, -0.2) is 77.2 Å². The summed E-state index contributed by atoms with van der Waals surface area (Å²) in [7, 11) is 0. The maximum absolute atomic E-state index is 14.8. The van der Waals surface area contributed by atoms with Crippen LogP contribution in [0.15, 0.2) is 73.8 Å². The van der Waals surface area contributed by atoms with Gasteiger partial charge >= 0.3 is 5.97 Å². The van der Waals surface area contributed by atoms with Gasteiger partial charge in [0.05, 0.1) is 47.8 Å². The third-order valence-electron chi connectivity index (χ3n) is 9.85. The Hall–Kier alpha value is -3.99. The average Bonchev–Trinajstić information content (AvgIpc) is 3.73. The van der Waals surface area contributed by atoms with E-state index in [0.717, 1.165) is 5.56 Å². The van der Waals surface area contributed by atoms with Crippen LogP contribution in [0.5, 0.6) is 0 Å². The van der Waals surface area contributed by atoms with E-state index in [0.29, 0.717) is 42.0 Å². The molecule has 10 nitrogen and oxygen atoms in total. The van der Waals surface area contributed by atoms with Gasteiger partial charge in [0, 0.05) is 13.0 Å². The molecule has 3 amide bonds. The molecule has 7 atom stereocenters. The van der Waals surface area contributed by atoms with Crippen molar-refractivity contribution in [2.45, 2.75) is 75.8 Å². The van der Waals surface area contributed by atoms with E-state index in [9.17, 15) is 24.3 Å². The number of nitrogens with zero attached hydrogens (tertiary/aromatic N) is 2. The molecule has 0 aliphatic carbocycles. The van der Waals surface area contributed by atoms with Gasteiger partial charge in [0.1, 0.15) is 17.7 Å². The Morgan fingerprint density at radius 1 is 1.19 bits per heavy atom. The number of benzene rings is 2. The first-order chi connectivity index (χ1) is 23.1. The lowest BCUT2D eigenvalue weighted by Gasteiger charge is -2.39. The SMILES string of the molecule is C=CCCC(=O)NC[C@@H](OC(=O)[C@@H]1[C@H]2C(=O)N([C@@H](CC)CO)[C@H](C(=O)N(CC=C)c3c(C)cccc3Cl)[C@]23CC[C@H]1O3)c1ccccc1. The summed E-state index contributed by atoms with van der Waals surface area (Å²) >= 11 is 6.64. The first-order valence-electron chi connectivity index (χ1n) is 16.5. The Morgan fingerprint density at radius 3 is 2.58 bits per heavy atom. The van der Waals surface area contributed by atoms with Gasteiger partial charge in [-0.2, -0.15) is 0 Å². The minimum atomic E-state index is -1.32. The van der Waals surface area contributed by atoms with Crippen molar-refractivity contribution in [2.24, 2.45) is 11.8 Å². The second-order valence-corrected chi connectivity index (χ2v) is 13.1. The van der Waals surface area contributed by atoms with Gasteiger partial charge < -0.3 is 29.7 Å². The van der Waals surface area contributed by atoms with E-state index in [1.165, 1.54) is 9.80 Å². The molecule has 2 aromatic carbocycles. The van der Waals surface area contributed by atoms with Crippen molar-refractivity contribution >= 4 is 41.0 Å². The van der Waals surface area contributed by atoms with Crippen molar-refractivity contribution in [1.29, 1.82) is 0 Å². The number of ether oxygens (including phenoxy) is 2. The van der Waals surface area contributed by atoms with E-state index in [-0.39, 0.29) is 32.0 Å². The lowest BCUT2D eigenvalue weighted by atomic mass is 9.70. The number of carbonyl (C=O) groups excluding carboxylic acids is 4. The number of aliphatic hydroxyl groups is 1. The van der Waals surface area contributed by atoms with Crippen LogP contribution in [0.3, 0.4) is 0 Å². The zero-order valence-corrected chi connectivity index (χ0v) is 28.2. The third-order valence-corrected chi connectivity index (χ3v) is 10.2. The highest BCUT2D eigenvalue weighted by molar-refractivity contribution is 6.34. The molecule has 3 heterocycles. The molecule has 3 aliphatic rings. The molecule has 3 saturated heterocycles. The van der Waals surface area contributed by atoms with Crippen molar-refractivity contribution in [3.63, 3.8) is 0 Å². The maximum Gasteiger partial charge on any atom is 0.313 e. The monoisotopic (exact) mass is 677 g/mol. The molecule has 256 valence electrons. The van der Waals surface area contributed by atoms with Crippen LogP contribution in [0.25, 0.3) is 0 Å². The van der Waals surface area contributed by atoms with E-state index in [1.54, 1.807) is 24.3 Å². The van der Waals surface area contributed by atoms with Crippen molar-refractivity contribution in [3.8, 4) is 0 Å². The van der Waals surface area contributed by atoms with Crippen molar-refractivity contribution in [1.82, 2.24) is 10.2 Å². The molecular formula is C37H44ClN3O7. The van der Waals surface area contributed by atoms with E-state index in [4.69, 9.17) is 21.1 Å². The minimum absolute atomic E-state index is 0.0388. The number of hydrogen-bond donors (Lipinski definition) is 2. The molecule has 5 rings (SSSR count). The molecule has 0 aromatic heterocycles. The number of rotatable bonds is 15. The fraction of sp³-hybridized carbons (Fsp3) is 0.459. The first-order valence-corrected chi connectivity index (χ1v) is 16.9. The standard InChI is InChI=1S/C37H44ClN3O7/c1-5-8-17-29(43)39-21-28(24-14-10-9-11-15-24)47-36(46)30-27-18-19-37(48-27)31(30)34(44)41(25(7-3)22-42)33(37)35(45)40(20-6-2)32-23(4)13-12-16-26(32)38/h5-6,9-16,25,27-28,30-31,33,42H,1-2,7-8,17-22H2,3-4H3,(H,39,43)/t25-,27+,28+,30-,31-,33+,37-/m0/s1. The van der Waals surface area contributed by atoms with Crippen LogP contribution in [-0.2, 0) is 28.7 Å². The fourth-order valence-electron chi connectivity index (χ4n) is 7.62. The molecule has 3 fully saturated rings. The minimum Gasteiger partial charge on any atom is -0.455 e. The molecule has 2 aromatic rings. The first kappa shape index (κ1) is 35.3. The number of likely N-dealkylation sites (tertiary alicyclic amines) is 1. The Balaban J connectivity index is 1.50. The van der Waals surface area contributed by atoms with Gasteiger partial charge in [0.2, 0.25) is 11.8 Å². The number of para-hydroxylation sites is 1. The van der Waals surface area contributed by atoms with Crippen LogP contribution in [0.4, 0.5) is 5.69 Å². The molecule has 1 spiro atoms. The summed E-state index contributed by atoms with van der Waals surface area (Å²) in [6, 6.07) is 12.6. The molecule has 2 bridgehead atoms. The lowest BCUT2D eigenvalue weighted by Crippen LogP contribution is -2.59. The molecule has 2 N–H and O–H groups in total. The topological polar surface area (TPSA) is 125 Å². The quantitative estimate of drug-likeness (QED) is 0.207. The predicted octanol–water partition coefficient (Wildman–Crippen LogP) is 4.68. The zero-order valence-electron chi connectivity index (χ0n) is 27.5. The zero-order chi connectivity index (χ0) is 34.6. The largest absolute Gasteiger partial charge is 0.455 e. The van der Waals surface area contributed by atoms with Gasteiger partial charge in [-0.1, -0.05) is 73.1 Å². The normalized spacial score (nSPS) is 25.2. The summed E-state index contributed by atoms with van der Waals surface area (Å²) in [5, 5.41) is 13.6. The highest BCUT2D eigenvalue weighted by Gasteiger charge is 2.75. The number of hydrogen-bond acceptors (Lipinski definition) is 7. The summed E-state index contributed by atoms with van der Waals surface area (Å²) < 4.78 is 12.7. The number of esters is 1. The van der Waals surface area contributed by atoms with Gasteiger partial charge in [0.15, 0.2) is 0 Å². The van der Waals surface area contributed by atoms with E-state index in [1.807, 2.05) is 50.2 Å². The number of nitrogens with one attached hydrogen (secondary N) is 1. The summed E-state index contributed by atoms with van der Waals surface area (Å²) in [4.78, 5) is 58.9. The van der Waals surface area contributed by atoms with Crippen LogP contribution in [0.1, 0.15) is 56.3 Å². The smallest absolute Gasteiger partial charge is 0.313 e. The van der Waals surface area contributed by atoms with E-state index >= 15 is 0 Å². The summed E-state index contributed by atoms with van der Waals surface area (Å²) in [6.07, 6.45) is 3.74. The van der Waals surface area contributed by atoms with Crippen molar-refractivity contribution < 1.29 is 33.8 Å². The fourth-order valence-corrected chi connectivity index (χ4v) is 7.94. The number of allylic oxidation sites excluding steroid dienone is 1. The van der Waals surface area contributed by atoms with Gasteiger partial charge in [0.25, 0.3) is 5.91 Å². The summed E-state index contributed by atoms with van der Waals surface area (Å²) in [5.74, 6) is -3.68. The van der Waals surface area contributed by atoms with E-state index in [2.05, 4.69) is 18.5 Å². The Labute approximate surface area is 286 Å². The number of fused-ring (bicyclic) bond motifs is 1. The van der Waals surface area contributed by atoms with Crippen LogP contribution in [0.2, 0.25) is 5.02 Å². The molecule has 3 aliphatic heterocycles. The maximum atomic E-state index is 14.8. The molecule has 0 unspecified atom stereocenters. The summed E-state index contributed by atoms with van der Waals surface area (Å²) in [6.45, 7) is 11.0. The Morgan fingerprint density at radius 2 is 1.94 bits per heavy atom. The van der Waals surface area contributed by atoms with Crippen molar-refractivity contribution in [2.75, 3.05) is 24.6 Å². The highest BCUT2D eigenvalue weighted by atomic mass is 35.5. The highest BCUT2D eigenvalue weighted by Crippen LogP contribution is 2.59. The molecule has 11 heteroatoms. The second kappa shape index (κ2) is 15.1. The number of aryl methyl sites for hydroxylation is 1. The molecule has 48 heavy (non-hydrogen) atoms. The van der Waals surface area contributed by atoms with Gasteiger partial charge in [-0.15, -0.1) is 13.2 Å². The van der Waals surface area contributed by atoms with Crippen LogP contribution in [0, 0.1) is 18.8 Å². The molecular weight excluding hydrogens is 634 g/mol. The third kappa shape index (κ3) is 6.41. The predicted molar refractivity (Wildman–Crippen MR) is 182 cm³/mol. The number of carbonyl (C=O) groups is 4. The average molecular weight is 678 g/mol. The van der Waals surface area contributed by atoms with E-state index < -0.39 is 59.5 Å². The van der Waals surface area contributed by atoms with Crippen LogP contribution < -0.4 is 10.2 Å². The Bertz CT molecular complexity index is 1530. The number of anilines is 1. The number of aliphatic hydroxyl groups excluding tert-OH is 1. The summed E-state index contributed by atoms with van der Waals surface area (Å²) in [5.41, 5.74) is 0.625. The second-order valence-electron chi connectivity index (χ2n) is 12.7. The van der Waals surface area contributed by atoms with Crippen LogP contribution >= 0.6 is 11.6 Å². The van der Waals surface area contributed by atoms with Crippen molar-refractivity contribution in [3.05, 3.63) is 90.0 Å². The number of amides is 3. The van der Waals surface area contributed by atoms with Gasteiger partial charge in [-0.3, -0.25) is 19.2 Å².